The highest BCUT2D eigenvalue weighted by Gasteiger charge is 2.37. The van der Waals surface area contributed by atoms with Crippen LogP contribution in [0.4, 0.5) is 0 Å². The van der Waals surface area contributed by atoms with Crippen LogP contribution in [-0.4, -0.2) is 18.3 Å². The van der Waals surface area contributed by atoms with Crippen molar-refractivity contribution in [2.75, 3.05) is 0 Å². The second-order valence-electron chi connectivity index (χ2n) is 6.83. The van der Waals surface area contributed by atoms with E-state index in [1.807, 2.05) is 12.4 Å². The molecule has 2 rings (SSSR count). The van der Waals surface area contributed by atoms with Crippen LogP contribution in [0.2, 0.25) is 18.1 Å². The zero-order chi connectivity index (χ0) is 16.2. The predicted molar refractivity (Wildman–Crippen MR) is 94.6 cm³/mol. The van der Waals surface area contributed by atoms with Crippen LogP contribution in [0, 0.1) is 0 Å². The van der Waals surface area contributed by atoms with Crippen molar-refractivity contribution in [2.45, 2.75) is 55.3 Å². The van der Waals surface area contributed by atoms with Crippen molar-refractivity contribution in [3.05, 3.63) is 48.5 Å². The van der Waals surface area contributed by atoms with E-state index in [4.69, 9.17) is 4.43 Å². The van der Waals surface area contributed by atoms with Crippen LogP contribution in [0.15, 0.2) is 52.8 Å². The van der Waals surface area contributed by atoms with Crippen molar-refractivity contribution in [3.8, 4) is 0 Å². The Labute approximate surface area is 138 Å². The molecule has 1 heterocycles. The third kappa shape index (κ3) is 4.41. The molecule has 5 heteroatoms. The standard InChI is InChI=1S/C17H24N2OSSi/c1-17(2,3)22(4,5)20-12-14-8-6-7-9-16(14)21-15-10-18-13-19-11-15/h6-11,13H,12H2,1-5H3. The molecule has 0 spiro atoms. The summed E-state index contributed by atoms with van der Waals surface area (Å²) in [6.45, 7) is 12.0. The van der Waals surface area contributed by atoms with Crippen LogP contribution in [0.25, 0.3) is 0 Å². The summed E-state index contributed by atoms with van der Waals surface area (Å²) in [6, 6.07) is 8.39. The van der Waals surface area contributed by atoms with E-state index in [1.165, 1.54) is 10.5 Å². The molecule has 0 radical (unpaired) electrons. The Hall–Kier alpha value is -1.17. The lowest BCUT2D eigenvalue weighted by Gasteiger charge is -2.36. The Bertz CT molecular complexity index is 612. The highest BCUT2D eigenvalue weighted by molar-refractivity contribution is 7.99. The molecule has 0 aliphatic rings. The fourth-order valence-corrected chi connectivity index (χ4v) is 3.50. The lowest BCUT2D eigenvalue weighted by Crippen LogP contribution is -2.40. The van der Waals surface area contributed by atoms with Gasteiger partial charge in [0.1, 0.15) is 6.33 Å². The molecule has 0 saturated heterocycles. The molecule has 1 aromatic carbocycles. The molecule has 118 valence electrons. The molecule has 22 heavy (non-hydrogen) atoms. The molecule has 0 N–H and O–H groups in total. The summed E-state index contributed by atoms with van der Waals surface area (Å²) in [7, 11) is -1.74. The van der Waals surface area contributed by atoms with E-state index in [9.17, 15) is 0 Å². The maximum atomic E-state index is 6.35. The van der Waals surface area contributed by atoms with Crippen LogP contribution in [0.3, 0.4) is 0 Å². The van der Waals surface area contributed by atoms with E-state index in [2.05, 4.69) is 68.1 Å². The highest BCUT2D eigenvalue weighted by Crippen LogP contribution is 2.38. The van der Waals surface area contributed by atoms with Gasteiger partial charge >= 0.3 is 0 Å². The van der Waals surface area contributed by atoms with E-state index in [0.29, 0.717) is 6.61 Å². The van der Waals surface area contributed by atoms with E-state index < -0.39 is 8.32 Å². The van der Waals surface area contributed by atoms with Crippen LogP contribution < -0.4 is 0 Å². The lowest BCUT2D eigenvalue weighted by molar-refractivity contribution is 0.274. The summed E-state index contributed by atoms with van der Waals surface area (Å²) in [5.74, 6) is 0. The molecule has 3 nitrogen and oxygen atoms in total. The zero-order valence-electron chi connectivity index (χ0n) is 14.0. The van der Waals surface area contributed by atoms with Gasteiger partial charge in [0, 0.05) is 22.2 Å². The average molecular weight is 333 g/mol. The summed E-state index contributed by atoms with van der Waals surface area (Å²) in [6.07, 6.45) is 5.23. The molecule has 0 unspecified atom stereocenters. The van der Waals surface area contributed by atoms with Crippen molar-refractivity contribution in [1.82, 2.24) is 9.97 Å². The van der Waals surface area contributed by atoms with Crippen molar-refractivity contribution in [3.63, 3.8) is 0 Å². The quantitative estimate of drug-likeness (QED) is 0.709. The second kappa shape index (κ2) is 6.94. The third-order valence-corrected chi connectivity index (χ3v) is 9.68. The van der Waals surface area contributed by atoms with Gasteiger partial charge in [0.05, 0.1) is 6.61 Å². The number of hydrogen-bond acceptors (Lipinski definition) is 4. The van der Waals surface area contributed by atoms with Gasteiger partial charge in [0.2, 0.25) is 0 Å². The number of rotatable bonds is 5. The molecular formula is C17H24N2OSSi. The SMILES string of the molecule is CC(C)(C)[Si](C)(C)OCc1ccccc1Sc1cncnc1. The number of hydrogen-bond donors (Lipinski definition) is 0. The zero-order valence-corrected chi connectivity index (χ0v) is 15.8. The van der Waals surface area contributed by atoms with Gasteiger partial charge < -0.3 is 4.43 Å². The molecule has 0 bridgehead atoms. The maximum Gasteiger partial charge on any atom is 0.192 e. The fourth-order valence-electron chi connectivity index (χ4n) is 1.66. The summed E-state index contributed by atoms with van der Waals surface area (Å²) >= 11 is 1.68. The van der Waals surface area contributed by atoms with Crippen molar-refractivity contribution in [2.24, 2.45) is 0 Å². The molecule has 0 amide bonds. The second-order valence-corrected chi connectivity index (χ2v) is 12.8. The van der Waals surface area contributed by atoms with E-state index in [-0.39, 0.29) is 5.04 Å². The van der Waals surface area contributed by atoms with Gasteiger partial charge in [-0.1, -0.05) is 50.7 Å². The largest absolute Gasteiger partial charge is 0.413 e. The molecule has 0 fully saturated rings. The van der Waals surface area contributed by atoms with Crippen molar-refractivity contribution < 1.29 is 4.43 Å². The predicted octanol–water partition coefficient (Wildman–Crippen LogP) is 5.15. The van der Waals surface area contributed by atoms with E-state index >= 15 is 0 Å². The molecule has 2 aromatic rings. The third-order valence-electron chi connectivity index (χ3n) is 4.13. The van der Waals surface area contributed by atoms with Crippen molar-refractivity contribution >= 4 is 20.1 Å². The van der Waals surface area contributed by atoms with Crippen molar-refractivity contribution in [1.29, 1.82) is 0 Å². The Morgan fingerprint density at radius 3 is 2.36 bits per heavy atom. The average Bonchev–Trinajstić information content (AvgIpc) is 2.46. The molecule has 0 aliphatic heterocycles. The molecular weight excluding hydrogens is 308 g/mol. The summed E-state index contributed by atoms with van der Waals surface area (Å²) in [4.78, 5) is 10.4. The van der Waals surface area contributed by atoms with E-state index in [0.717, 1.165) is 4.90 Å². The summed E-state index contributed by atoms with van der Waals surface area (Å²) in [5.41, 5.74) is 1.22. The first kappa shape index (κ1) is 17.2. The monoisotopic (exact) mass is 332 g/mol. The van der Waals surface area contributed by atoms with Gasteiger partial charge in [0.15, 0.2) is 8.32 Å². The Morgan fingerprint density at radius 1 is 1.09 bits per heavy atom. The number of aromatic nitrogens is 2. The van der Waals surface area contributed by atoms with Gasteiger partial charge in [-0.25, -0.2) is 9.97 Å². The highest BCUT2D eigenvalue weighted by atomic mass is 32.2. The fraction of sp³-hybridized carbons (Fsp3) is 0.412. The van der Waals surface area contributed by atoms with Crippen LogP contribution in [0.1, 0.15) is 26.3 Å². The lowest BCUT2D eigenvalue weighted by atomic mass is 10.2. The minimum absolute atomic E-state index is 0.225. The van der Waals surface area contributed by atoms with Crippen LogP contribution in [-0.2, 0) is 11.0 Å². The first-order valence-corrected chi connectivity index (χ1v) is 11.2. The van der Waals surface area contributed by atoms with E-state index in [1.54, 1.807) is 18.1 Å². The number of benzene rings is 1. The molecule has 0 atom stereocenters. The molecule has 1 aromatic heterocycles. The van der Waals surface area contributed by atoms with Gasteiger partial charge in [-0.05, 0) is 29.8 Å². The normalized spacial score (nSPS) is 12.4. The minimum Gasteiger partial charge on any atom is -0.413 e. The Balaban J connectivity index is 2.12. The minimum atomic E-state index is -1.74. The molecule has 0 saturated carbocycles. The van der Waals surface area contributed by atoms with Gasteiger partial charge in [-0.15, -0.1) is 0 Å². The van der Waals surface area contributed by atoms with Gasteiger partial charge in [-0.3, -0.25) is 0 Å². The maximum absolute atomic E-state index is 6.35. The summed E-state index contributed by atoms with van der Waals surface area (Å²) in [5, 5.41) is 0.225. The first-order chi connectivity index (χ1) is 10.3. The topological polar surface area (TPSA) is 35.0 Å². The first-order valence-electron chi connectivity index (χ1n) is 7.44. The van der Waals surface area contributed by atoms with Crippen LogP contribution in [0.5, 0.6) is 0 Å². The number of nitrogens with zero attached hydrogens (tertiary/aromatic N) is 2. The summed E-state index contributed by atoms with van der Waals surface area (Å²) < 4.78 is 6.35. The molecule has 0 aliphatic carbocycles. The van der Waals surface area contributed by atoms with Crippen LogP contribution >= 0.6 is 11.8 Å². The Kier molecular flexibility index (Phi) is 5.42. The van der Waals surface area contributed by atoms with Gasteiger partial charge in [-0.2, -0.15) is 0 Å². The Morgan fingerprint density at radius 2 is 1.73 bits per heavy atom. The smallest absolute Gasteiger partial charge is 0.192 e. The van der Waals surface area contributed by atoms with Gasteiger partial charge in [0.25, 0.3) is 0 Å².